The molecule has 3 aliphatic rings. The molecule has 0 radical (unpaired) electrons. The number of morpholine rings is 2. The number of ether oxygens (including phenoxy) is 2. The molecule has 3 saturated heterocycles. The second-order valence-electron chi connectivity index (χ2n) is 7.28. The van der Waals surface area contributed by atoms with E-state index < -0.39 is 12.2 Å². The van der Waals surface area contributed by atoms with Crippen molar-refractivity contribution in [2.24, 2.45) is 0 Å². The number of alkyl halides is 1. The molecule has 0 saturated carbocycles. The van der Waals surface area contributed by atoms with Crippen LogP contribution < -0.4 is 4.90 Å². The van der Waals surface area contributed by atoms with Crippen LogP contribution in [0.4, 0.5) is 10.1 Å². The summed E-state index contributed by atoms with van der Waals surface area (Å²) in [6.45, 7) is 4.54. The van der Waals surface area contributed by atoms with Gasteiger partial charge in [-0.3, -0.25) is 14.6 Å². The fourth-order valence-corrected chi connectivity index (χ4v) is 3.94. The van der Waals surface area contributed by atoms with Gasteiger partial charge in [-0.05, 0) is 6.07 Å². The first-order valence-corrected chi connectivity index (χ1v) is 9.73. The molecule has 1 aromatic rings. The van der Waals surface area contributed by atoms with Crippen molar-refractivity contribution in [2.75, 3.05) is 64.1 Å². The van der Waals surface area contributed by atoms with E-state index in [4.69, 9.17) is 9.47 Å². The Morgan fingerprint density at radius 3 is 2.43 bits per heavy atom. The van der Waals surface area contributed by atoms with Crippen LogP contribution >= 0.6 is 0 Å². The third-order valence-corrected chi connectivity index (χ3v) is 5.47. The Morgan fingerprint density at radius 2 is 1.71 bits per heavy atom. The largest absolute Gasteiger partial charge is 0.378 e. The van der Waals surface area contributed by atoms with Crippen LogP contribution in [-0.2, 0) is 14.3 Å². The molecule has 0 bridgehead atoms. The summed E-state index contributed by atoms with van der Waals surface area (Å²) in [6.07, 6.45) is 2.03. The normalized spacial score (nSPS) is 25.8. The molecule has 0 aliphatic carbocycles. The van der Waals surface area contributed by atoms with Gasteiger partial charge in [0, 0.05) is 38.8 Å². The number of rotatable bonds is 3. The van der Waals surface area contributed by atoms with Gasteiger partial charge in [-0.2, -0.15) is 0 Å². The number of hydrogen-bond acceptors (Lipinski definition) is 6. The van der Waals surface area contributed by atoms with Gasteiger partial charge in [-0.1, -0.05) is 0 Å². The minimum absolute atomic E-state index is 0.0402. The lowest BCUT2D eigenvalue weighted by Gasteiger charge is -2.32. The number of likely N-dealkylation sites (tertiary alicyclic amines) is 1. The van der Waals surface area contributed by atoms with Crippen molar-refractivity contribution in [1.82, 2.24) is 14.8 Å². The van der Waals surface area contributed by atoms with Crippen LogP contribution in [0.2, 0.25) is 0 Å². The maximum Gasteiger partial charge on any atom is 0.256 e. The molecule has 0 unspecified atom stereocenters. The van der Waals surface area contributed by atoms with Crippen LogP contribution in [0.3, 0.4) is 0 Å². The number of carbonyl (C=O) groups is 2. The molecule has 3 fully saturated rings. The molecule has 2 atom stereocenters. The molecule has 2 amide bonds. The Labute approximate surface area is 163 Å². The molecule has 4 rings (SSSR count). The van der Waals surface area contributed by atoms with E-state index in [2.05, 4.69) is 9.88 Å². The molecule has 28 heavy (non-hydrogen) atoms. The zero-order valence-electron chi connectivity index (χ0n) is 15.8. The highest BCUT2D eigenvalue weighted by Crippen LogP contribution is 2.26. The highest BCUT2D eigenvalue weighted by Gasteiger charge is 2.42. The molecule has 0 N–H and O–H groups in total. The molecule has 0 spiro atoms. The standard InChI is InChI=1S/C19H25FN4O4/c20-15-10-17(19(26)23-3-7-28-8-4-23)24(13-15)18(25)14-9-16(12-21-11-14)22-1-5-27-6-2-22/h9,11-12,15,17H,1-8,10,13H2/t15-,17+/m1/s1. The number of carbonyl (C=O) groups excluding carboxylic acids is 2. The summed E-state index contributed by atoms with van der Waals surface area (Å²) in [5, 5.41) is 0. The lowest BCUT2D eigenvalue weighted by atomic mass is 10.1. The van der Waals surface area contributed by atoms with E-state index in [0.717, 1.165) is 18.8 Å². The quantitative estimate of drug-likeness (QED) is 0.738. The third-order valence-electron chi connectivity index (χ3n) is 5.47. The van der Waals surface area contributed by atoms with Gasteiger partial charge in [0.05, 0.1) is 50.4 Å². The average Bonchev–Trinajstić information content (AvgIpc) is 3.15. The first kappa shape index (κ1) is 19.1. The predicted octanol–water partition coefficient (Wildman–Crippen LogP) is 0.330. The van der Waals surface area contributed by atoms with Crippen molar-refractivity contribution in [1.29, 1.82) is 0 Å². The van der Waals surface area contributed by atoms with E-state index in [9.17, 15) is 14.0 Å². The average molecular weight is 392 g/mol. The van der Waals surface area contributed by atoms with Gasteiger partial charge in [0.2, 0.25) is 5.91 Å². The number of pyridine rings is 1. The van der Waals surface area contributed by atoms with Gasteiger partial charge < -0.3 is 24.2 Å². The lowest BCUT2D eigenvalue weighted by Crippen LogP contribution is -2.51. The summed E-state index contributed by atoms with van der Waals surface area (Å²) in [7, 11) is 0. The lowest BCUT2D eigenvalue weighted by molar-refractivity contribution is -0.139. The highest BCUT2D eigenvalue weighted by atomic mass is 19.1. The Hall–Kier alpha value is -2.26. The molecule has 0 aromatic carbocycles. The van der Waals surface area contributed by atoms with E-state index in [0.29, 0.717) is 45.1 Å². The first-order chi connectivity index (χ1) is 13.6. The minimum Gasteiger partial charge on any atom is -0.378 e. The SMILES string of the molecule is O=C([C@@H]1C[C@@H](F)CN1C(=O)c1cncc(N2CCOCC2)c1)N1CCOCC1. The van der Waals surface area contributed by atoms with Gasteiger partial charge in [0.1, 0.15) is 12.2 Å². The molecule has 1 aromatic heterocycles. The van der Waals surface area contributed by atoms with Crippen LogP contribution in [0.15, 0.2) is 18.5 Å². The number of aromatic nitrogens is 1. The monoisotopic (exact) mass is 392 g/mol. The summed E-state index contributed by atoms with van der Waals surface area (Å²) in [5.74, 6) is -0.552. The zero-order valence-corrected chi connectivity index (χ0v) is 15.8. The Bertz CT molecular complexity index is 722. The van der Waals surface area contributed by atoms with Gasteiger partial charge in [-0.25, -0.2) is 4.39 Å². The maximum atomic E-state index is 14.2. The number of nitrogens with zero attached hydrogens (tertiary/aromatic N) is 4. The summed E-state index contributed by atoms with van der Waals surface area (Å²) in [6, 6.07) is 0.996. The molecule has 3 aliphatic heterocycles. The van der Waals surface area contributed by atoms with Crippen molar-refractivity contribution in [3.63, 3.8) is 0 Å². The second-order valence-corrected chi connectivity index (χ2v) is 7.28. The van der Waals surface area contributed by atoms with Crippen molar-refractivity contribution < 1.29 is 23.5 Å². The van der Waals surface area contributed by atoms with Crippen LogP contribution in [-0.4, -0.2) is 98.0 Å². The number of halogens is 1. The van der Waals surface area contributed by atoms with Crippen LogP contribution in [0.25, 0.3) is 0 Å². The number of amides is 2. The fourth-order valence-electron chi connectivity index (χ4n) is 3.94. The third kappa shape index (κ3) is 3.95. The number of hydrogen-bond donors (Lipinski definition) is 0. The van der Waals surface area contributed by atoms with Crippen LogP contribution in [0.5, 0.6) is 0 Å². The Kier molecular flexibility index (Phi) is 5.72. The topological polar surface area (TPSA) is 75.2 Å². The van der Waals surface area contributed by atoms with E-state index >= 15 is 0 Å². The van der Waals surface area contributed by atoms with Crippen LogP contribution in [0, 0.1) is 0 Å². The Morgan fingerprint density at radius 1 is 1.04 bits per heavy atom. The van der Waals surface area contributed by atoms with Crippen molar-refractivity contribution in [3.8, 4) is 0 Å². The van der Waals surface area contributed by atoms with E-state index in [-0.39, 0.29) is 24.8 Å². The van der Waals surface area contributed by atoms with E-state index in [1.54, 1.807) is 17.2 Å². The minimum atomic E-state index is -1.20. The summed E-state index contributed by atoms with van der Waals surface area (Å²) in [4.78, 5) is 35.3. The summed E-state index contributed by atoms with van der Waals surface area (Å²) >= 11 is 0. The molecule has 152 valence electrons. The van der Waals surface area contributed by atoms with Crippen molar-refractivity contribution in [2.45, 2.75) is 18.6 Å². The van der Waals surface area contributed by atoms with Gasteiger partial charge >= 0.3 is 0 Å². The van der Waals surface area contributed by atoms with Crippen LogP contribution in [0.1, 0.15) is 16.8 Å². The van der Waals surface area contributed by atoms with Gasteiger partial charge in [0.25, 0.3) is 5.91 Å². The molecule has 9 heteroatoms. The number of anilines is 1. The highest BCUT2D eigenvalue weighted by molar-refractivity contribution is 5.98. The molecular formula is C19H25FN4O4. The zero-order chi connectivity index (χ0) is 19.5. The molecule has 4 heterocycles. The predicted molar refractivity (Wildman–Crippen MR) is 99.0 cm³/mol. The van der Waals surface area contributed by atoms with Crippen molar-refractivity contribution in [3.05, 3.63) is 24.0 Å². The van der Waals surface area contributed by atoms with Gasteiger partial charge in [-0.15, -0.1) is 0 Å². The fraction of sp³-hybridized carbons (Fsp3) is 0.632. The molecular weight excluding hydrogens is 367 g/mol. The molecule has 8 nitrogen and oxygen atoms in total. The second kappa shape index (κ2) is 8.40. The van der Waals surface area contributed by atoms with Crippen molar-refractivity contribution >= 4 is 17.5 Å². The summed E-state index contributed by atoms with van der Waals surface area (Å²) in [5.41, 5.74) is 1.21. The smallest absolute Gasteiger partial charge is 0.256 e. The maximum absolute atomic E-state index is 14.2. The van der Waals surface area contributed by atoms with E-state index in [1.165, 1.54) is 11.1 Å². The van der Waals surface area contributed by atoms with E-state index in [1.807, 2.05) is 0 Å². The van der Waals surface area contributed by atoms with Gasteiger partial charge in [0.15, 0.2) is 0 Å². The summed E-state index contributed by atoms with van der Waals surface area (Å²) < 4.78 is 24.8. The first-order valence-electron chi connectivity index (χ1n) is 9.73. The Balaban J connectivity index is 1.51.